The lowest BCUT2D eigenvalue weighted by Crippen LogP contribution is -2.57. The average Bonchev–Trinajstić information content (AvgIpc) is 2.22. The monoisotopic (exact) mass is 266 g/mol. The van der Waals surface area contributed by atoms with Gasteiger partial charge in [0.1, 0.15) is 5.78 Å². The predicted octanol–water partition coefficient (Wildman–Crippen LogP) is 3.96. The number of rotatable bonds is 2. The molecule has 0 aromatic rings. The van der Waals surface area contributed by atoms with Gasteiger partial charge >= 0.3 is 0 Å². The number of ketones is 1. The molecule has 1 N–H and O–H groups in total. The van der Waals surface area contributed by atoms with E-state index < -0.39 is 5.60 Å². The van der Waals surface area contributed by atoms with Gasteiger partial charge in [-0.25, -0.2) is 0 Å². The van der Waals surface area contributed by atoms with Crippen LogP contribution in [0, 0.1) is 22.7 Å². The lowest BCUT2D eigenvalue weighted by molar-refractivity contribution is -0.172. The van der Waals surface area contributed by atoms with E-state index in [0.717, 1.165) is 19.3 Å². The van der Waals surface area contributed by atoms with Gasteiger partial charge in [0.15, 0.2) is 0 Å². The molecule has 0 aliphatic heterocycles. The Hall–Kier alpha value is -0.370. The topological polar surface area (TPSA) is 37.3 Å². The molecule has 0 heterocycles. The van der Waals surface area contributed by atoms with E-state index in [4.69, 9.17) is 0 Å². The Balaban J connectivity index is 2.38. The van der Waals surface area contributed by atoms with Crippen molar-refractivity contribution in [1.29, 1.82) is 0 Å². The predicted molar refractivity (Wildman–Crippen MR) is 77.9 cm³/mol. The zero-order valence-electron chi connectivity index (χ0n) is 13.3. The number of carbonyl (C=O) groups is 1. The van der Waals surface area contributed by atoms with E-state index in [1.54, 1.807) is 6.92 Å². The molecule has 0 saturated heterocycles. The number of carbonyl (C=O) groups excluding carboxylic acids is 1. The van der Waals surface area contributed by atoms with Crippen molar-refractivity contribution in [2.24, 2.45) is 22.7 Å². The zero-order valence-corrected chi connectivity index (χ0v) is 13.3. The molecule has 2 heteroatoms. The molecular weight excluding hydrogens is 236 g/mol. The largest absolute Gasteiger partial charge is 0.390 e. The van der Waals surface area contributed by atoms with Gasteiger partial charge < -0.3 is 9.90 Å². The Kier molecular flexibility index (Phi) is 3.62. The quantitative estimate of drug-likeness (QED) is 0.821. The first-order chi connectivity index (χ1) is 8.59. The van der Waals surface area contributed by atoms with Crippen LogP contribution in [0.25, 0.3) is 0 Å². The fourth-order valence-electron chi connectivity index (χ4n) is 5.37. The van der Waals surface area contributed by atoms with Crippen molar-refractivity contribution in [2.45, 2.75) is 78.7 Å². The van der Waals surface area contributed by atoms with Crippen LogP contribution in [-0.4, -0.2) is 16.5 Å². The summed E-state index contributed by atoms with van der Waals surface area (Å²) in [5.41, 5.74) is -0.210. The summed E-state index contributed by atoms with van der Waals surface area (Å²) >= 11 is 0. The molecule has 2 saturated carbocycles. The highest BCUT2D eigenvalue weighted by Gasteiger charge is 2.57. The number of hydrogen-bond acceptors (Lipinski definition) is 2. The van der Waals surface area contributed by atoms with Crippen molar-refractivity contribution in [2.75, 3.05) is 0 Å². The second-order valence-corrected chi connectivity index (χ2v) is 8.26. The smallest absolute Gasteiger partial charge is 0.130 e. The van der Waals surface area contributed by atoms with Crippen LogP contribution in [0.4, 0.5) is 0 Å². The van der Waals surface area contributed by atoms with Gasteiger partial charge in [-0.3, -0.25) is 0 Å². The lowest BCUT2D eigenvalue weighted by Gasteiger charge is -2.61. The van der Waals surface area contributed by atoms with E-state index in [1.165, 1.54) is 12.8 Å². The number of Topliss-reactive ketones (excluding diaryl/α,β-unsaturated/α-hetero) is 1. The lowest BCUT2D eigenvalue weighted by atomic mass is 9.45. The van der Waals surface area contributed by atoms with Gasteiger partial charge in [-0.1, -0.05) is 27.2 Å². The van der Waals surface area contributed by atoms with Gasteiger partial charge in [-0.15, -0.1) is 0 Å². The maximum absolute atomic E-state index is 11.7. The number of aliphatic hydroxyl groups is 1. The van der Waals surface area contributed by atoms with Gasteiger partial charge in [-0.2, -0.15) is 0 Å². The van der Waals surface area contributed by atoms with Crippen LogP contribution in [0.3, 0.4) is 0 Å². The van der Waals surface area contributed by atoms with E-state index >= 15 is 0 Å². The van der Waals surface area contributed by atoms with E-state index in [1.807, 2.05) is 6.92 Å². The maximum atomic E-state index is 11.7. The van der Waals surface area contributed by atoms with Crippen molar-refractivity contribution >= 4 is 5.78 Å². The minimum atomic E-state index is -0.676. The molecule has 2 nitrogen and oxygen atoms in total. The van der Waals surface area contributed by atoms with E-state index in [9.17, 15) is 9.90 Å². The summed E-state index contributed by atoms with van der Waals surface area (Å²) in [6.45, 7) is 10.7. The van der Waals surface area contributed by atoms with Crippen molar-refractivity contribution < 1.29 is 9.90 Å². The molecule has 2 rings (SSSR count). The molecule has 0 aromatic carbocycles. The molecule has 0 radical (unpaired) electrons. The van der Waals surface area contributed by atoms with Crippen molar-refractivity contribution in [3.8, 4) is 0 Å². The molecule has 2 aliphatic rings. The number of fused-ring (bicyclic) bond motifs is 1. The Morgan fingerprint density at radius 1 is 1.16 bits per heavy atom. The zero-order chi connectivity index (χ0) is 14.5. The van der Waals surface area contributed by atoms with Crippen LogP contribution in [0.15, 0.2) is 0 Å². The molecule has 0 bridgehead atoms. The van der Waals surface area contributed by atoms with Gasteiger partial charge in [0, 0.05) is 6.42 Å². The summed E-state index contributed by atoms with van der Waals surface area (Å²) in [5.74, 6) is 0.977. The Morgan fingerprint density at radius 2 is 1.79 bits per heavy atom. The molecule has 110 valence electrons. The minimum Gasteiger partial charge on any atom is -0.390 e. The van der Waals surface area contributed by atoms with Crippen molar-refractivity contribution in [3.63, 3.8) is 0 Å². The minimum absolute atomic E-state index is 0.120. The fraction of sp³-hybridized carbons (Fsp3) is 0.941. The van der Waals surface area contributed by atoms with Crippen LogP contribution in [0.5, 0.6) is 0 Å². The third-order valence-corrected chi connectivity index (χ3v) is 6.25. The van der Waals surface area contributed by atoms with Gasteiger partial charge in [0.2, 0.25) is 0 Å². The molecule has 0 amide bonds. The third kappa shape index (κ3) is 2.49. The molecular formula is C17H30O2. The first kappa shape index (κ1) is 15.0. The Bertz CT molecular complexity index is 369. The van der Waals surface area contributed by atoms with Crippen molar-refractivity contribution in [3.05, 3.63) is 0 Å². The van der Waals surface area contributed by atoms with Crippen molar-refractivity contribution in [1.82, 2.24) is 0 Å². The highest BCUT2D eigenvalue weighted by Crippen LogP contribution is 2.62. The van der Waals surface area contributed by atoms with Gasteiger partial charge in [0.25, 0.3) is 0 Å². The molecule has 0 aromatic heterocycles. The average molecular weight is 266 g/mol. The highest BCUT2D eigenvalue weighted by molar-refractivity contribution is 5.76. The second-order valence-electron chi connectivity index (χ2n) is 8.26. The standard InChI is InChI=1S/C17H30O2/c1-12(18)11-14-16(4)9-6-8-15(2,3)13(16)7-10-17(14,5)19/h13-14,19H,6-11H2,1-5H3/t13?,14-,16+,17-/m1/s1. The maximum Gasteiger partial charge on any atom is 0.130 e. The molecule has 19 heavy (non-hydrogen) atoms. The summed E-state index contributed by atoms with van der Waals surface area (Å²) in [5, 5.41) is 10.8. The van der Waals surface area contributed by atoms with Crippen LogP contribution >= 0.6 is 0 Å². The Labute approximate surface area is 118 Å². The second kappa shape index (κ2) is 4.58. The molecule has 2 aliphatic carbocycles. The first-order valence-corrected chi connectivity index (χ1v) is 7.81. The molecule has 1 unspecified atom stereocenters. The molecule has 2 fully saturated rings. The molecule has 0 spiro atoms. The number of hydrogen-bond donors (Lipinski definition) is 1. The summed E-state index contributed by atoms with van der Waals surface area (Å²) in [6.07, 6.45) is 6.15. The van der Waals surface area contributed by atoms with Crippen LogP contribution < -0.4 is 0 Å². The SMILES string of the molecule is CC(=O)C[C@@H]1[C@@]2(C)CCCC(C)(C)C2CC[C@@]1(C)O. The summed E-state index contributed by atoms with van der Waals surface area (Å²) in [7, 11) is 0. The Morgan fingerprint density at radius 3 is 2.37 bits per heavy atom. The van der Waals surface area contributed by atoms with Crippen LogP contribution in [0.1, 0.15) is 73.1 Å². The summed E-state index contributed by atoms with van der Waals surface area (Å²) < 4.78 is 0. The first-order valence-electron chi connectivity index (χ1n) is 7.81. The third-order valence-electron chi connectivity index (χ3n) is 6.25. The van der Waals surface area contributed by atoms with Gasteiger partial charge in [0.05, 0.1) is 5.60 Å². The van der Waals surface area contributed by atoms with Crippen LogP contribution in [-0.2, 0) is 4.79 Å². The highest BCUT2D eigenvalue weighted by atomic mass is 16.3. The summed E-state index contributed by atoms with van der Waals surface area (Å²) in [6, 6.07) is 0. The molecule has 4 atom stereocenters. The van der Waals surface area contributed by atoms with Gasteiger partial charge in [-0.05, 0) is 62.2 Å². The van der Waals surface area contributed by atoms with Crippen LogP contribution in [0.2, 0.25) is 0 Å². The normalized spacial score (nSPS) is 45.6. The summed E-state index contributed by atoms with van der Waals surface area (Å²) in [4.78, 5) is 11.7. The van der Waals surface area contributed by atoms with E-state index in [2.05, 4.69) is 20.8 Å². The van der Waals surface area contributed by atoms with E-state index in [0.29, 0.717) is 17.8 Å². The van der Waals surface area contributed by atoms with E-state index in [-0.39, 0.29) is 17.1 Å². The fourth-order valence-corrected chi connectivity index (χ4v) is 5.37.